The summed E-state index contributed by atoms with van der Waals surface area (Å²) in [6.45, 7) is 11.1. The van der Waals surface area contributed by atoms with E-state index >= 15 is 0 Å². The van der Waals surface area contributed by atoms with Gasteiger partial charge >= 0.3 is 0 Å². The van der Waals surface area contributed by atoms with E-state index in [-0.39, 0.29) is 0 Å². The predicted octanol–water partition coefficient (Wildman–Crippen LogP) is 2.99. The molecule has 0 amide bonds. The molecule has 0 spiro atoms. The van der Waals surface area contributed by atoms with Gasteiger partial charge < -0.3 is 10.1 Å². The van der Waals surface area contributed by atoms with Gasteiger partial charge in [0, 0.05) is 23.9 Å². The molecule has 4 heteroatoms. The average molecular weight is 267 g/mol. The number of nitrogens with one attached hydrogen (secondary N) is 1. The quantitative estimate of drug-likeness (QED) is 0.699. The van der Waals surface area contributed by atoms with Crippen molar-refractivity contribution in [3.8, 4) is 0 Å². The van der Waals surface area contributed by atoms with Crippen molar-refractivity contribution in [1.29, 1.82) is 0 Å². The topological polar surface area (TPSA) is 39.1 Å². The van der Waals surface area contributed by atoms with Crippen LogP contribution in [0.25, 0.3) is 0 Å². The van der Waals surface area contributed by atoms with E-state index < -0.39 is 0 Å². The van der Waals surface area contributed by atoms with Crippen LogP contribution in [0.2, 0.25) is 0 Å². The lowest BCUT2D eigenvalue weighted by Gasteiger charge is -2.14. The summed E-state index contributed by atoms with van der Waals surface area (Å²) in [5.41, 5.74) is 3.74. The molecule has 1 rings (SSSR count). The molecule has 0 aliphatic heterocycles. The van der Waals surface area contributed by atoms with Crippen molar-refractivity contribution in [2.45, 2.75) is 59.5 Å². The zero-order chi connectivity index (χ0) is 14.3. The molecule has 0 saturated carbocycles. The van der Waals surface area contributed by atoms with Crippen LogP contribution in [0.4, 0.5) is 0 Å². The molecular weight excluding hydrogens is 238 g/mol. The van der Waals surface area contributed by atoms with Crippen molar-refractivity contribution >= 4 is 0 Å². The number of unbranched alkanes of at least 4 members (excludes halogenated alkanes) is 1. The van der Waals surface area contributed by atoms with Gasteiger partial charge in [0.15, 0.2) is 0 Å². The Morgan fingerprint density at radius 1 is 1.26 bits per heavy atom. The normalized spacial score (nSPS) is 12.9. The Hall–Kier alpha value is -0.870. The van der Waals surface area contributed by atoms with Crippen LogP contribution in [0.5, 0.6) is 0 Å². The molecule has 0 radical (unpaired) electrons. The summed E-state index contributed by atoms with van der Waals surface area (Å²) in [6, 6.07) is 0.398. The van der Waals surface area contributed by atoms with Crippen LogP contribution in [0.15, 0.2) is 0 Å². The molecular formula is C15H29N3O. The van der Waals surface area contributed by atoms with Crippen molar-refractivity contribution in [2.24, 2.45) is 0 Å². The van der Waals surface area contributed by atoms with Crippen LogP contribution in [-0.2, 0) is 11.3 Å². The molecule has 0 bridgehead atoms. The van der Waals surface area contributed by atoms with Gasteiger partial charge in [-0.05, 0) is 33.7 Å². The minimum atomic E-state index is 0.398. The highest BCUT2D eigenvalue weighted by atomic mass is 16.5. The number of ether oxygens (including phenoxy) is 1. The molecule has 4 nitrogen and oxygen atoms in total. The Morgan fingerprint density at radius 2 is 2.00 bits per heavy atom. The van der Waals surface area contributed by atoms with Crippen LogP contribution in [0.1, 0.15) is 56.1 Å². The Bertz CT molecular complexity index is 370. The summed E-state index contributed by atoms with van der Waals surface area (Å²) in [5, 5.41) is 8.00. The largest absolute Gasteiger partial charge is 0.380 e. The predicted molar refractivity (Wildman–Crippen MR) is 79.5 cm³/mol. The maximum atomic E-state index is 5.62. The van der Waals surface area contributed by atoms with Crippen molar-refractivity contribution in [2.75, 3.05) is 20.3 Å². The minimum Gasteiger partial charge on any atom is -0.380 e. The van der Waals surface area contributed by atoms with E-state index in [0.29, 0.717) is 6.04 Å². The second-order valence-electron chi connectivity index (χ2n) is 5.02. The first kappa shape index (κ1) is 16.2. The van der Waals surface area contributed by atoms with E-state index in [1.54, 1.807) is 0 Å². The summed E-state index contributed by atoms with van der Waals surface area (Å²) in [7, 11) is 2.01. The molecule has 1 unspecified atom stereocenters. The summed E-state index contributed by atoms with van der Waals surface area (Å²) in [5.74, 6) is 0. The van der Waals surface area contributed by atoms with Gasteiger partial charge in [-0.1, -0.05) is 20.3 Å². The number of aromatic nitrogens is 2. The second kappa shape index (κ2) is 8.33. The minimum absolute atomic E-state index is 0.398. The fourth-order valence-electron chi connectivity index (χ4n) is 2.48. The van der Waals surface area contributed by atoms with Crippen LogP contribution >= 0.6 is 0 Å². The van der Waals surface area contributed by atoms with E-state index in [2.05, 4.69) is 42.8 Å². The number of nitrogens with zero attached hydrogens (tertiary/aromatic N) is 2. The van der Waals surface area contributed by atoms with Crippen LogP contribution in [0.3, 0.4) is 0 Å². The van der Waals surface area contributed by atoms with Gasteiger partial charge in [0.1, 0.15) is 0 Å². The molecule has 1 atom stereocenters. The smallest absolute Gasteiger partial charge is 0.0662 e. The van der Waals surface area contributed by atoms with Crippen molar-refractivity contribution in [3.63, 3.8) is 0 Å². The summed E-state index contributed by atoms with van der Waals surface area (Å²) >= 11 is 0. The highest BCUT2D eigenvalue weighted by Gasteiger charge is 2.17. The highest BCUT2D eigenvalue weighted by Crippen LogP contribution is 2.23. The molecule has 0 aliphatic carbocycles. The summed E-state index contributed by atoms with van der Waals surface area (Å²) in [6.07, 6.45) is 3.40. The van der Waals surface area contributed by atoms with Gasteiger partial charge in [0.25, 0.3) is 0 Å². The van der Waals surface area contributed by atoms with E-state index in [1.807, 2.05) is 7.05 Å². The Labute approximate surface area is 117 Å². The molecule has 19 heavy (non-hydrogen) atoms. The van der Waals surface area contributed by atoms with Crippen LogP contribution in [-0.4, -0.2) is 30.0 Å². The summed E-state index contributed by atoms with van der Waals surface area (Å²) in [4.78, 5) is 0. The fraction of sp³-hybridized carbons (Fsp3) is 0.800. The molecule has 0 aromatic carbocycles. The Kier molecular flexibility index (Phi) is 7.10. The number of aryl methyl sites for hydroxylation is 1. The molecule has 1 aromatic rings. The molecule has 1 N–H and O–H groups in total. The van der Waals surface area contributed by atoms with E-state index in [4.69, 9.17) is 4.74 Å². The lowest BCUT2D eigenvalue weighted by atomic mass is 10.0. The van der Waals surface area contributed by atoms with Crippen molar-refractivity contribution in [3.05, 3.63) is 17.0 Å². The third kappa shape index (κ3) is 4.32. The first-order chi connectivity index (χ1) is 9.15. The molecule has 0 saturated heterocycles. The van der Waals surface area contributed by atoms with E-state index in [9.17, 15) is 0 Å². The van der Waals surface area contributed by atoms with E-state index in [1.165, 1.54) is 17.7 Å². The van der Waals surface area contributed by atoms with E-state index in [0.717, 1.165) is 38.3 Å². The zero-order valence-corrected chi connectivity index (χ0v) is 13.1. The standard InChI is InChI=1S/C15H29N3O/c1-6-8-10-19-11-9-18-13(4)15(12(3)17-18)14(7-2)16-5/h14,16H,6-11H2,1-5H3. The third-order valence-corrected chi connectivity index (χ3v) is 3.63. The van der Waals surface area contributed by atoms with Gasteiger partial charge in [-0.25, -0.2) is 0 Å². The lowest BCUT2D eigenvalue weighted by molar-refractivity contribution is 0.120. The first-order valence-corrected chi connectivity index (χ1v) is 7.44. The number of hydrogen-bond acceptors (Lipinski definition) is 3. The molecule has 110 valence electrons. The van der Waals surface area contributed by atoms with Gasteiger partial charge in [0.2, 0.25) is 0 Å². The second-order valence-corrected chi connectivity index (χ2v) is 5.02. The fourth-order valence-corrected chi connectivity index (χ4v) is 2.48. The molecule has 1 heterocycles. The SMILES string of the molecule is CCCCOCCn1nc(C)c(C(CC)NC)c1C. The van der Waals surface area contributed by atoms with Gasteiger partial charge in [-0.15, -0.1) is 0 Å². The van der Waals surface area contributed by atoms with Crippen molar-refractivity contribution < 1.29 is 4.74 Å². The third-order valence-electron chi connectivity index (χ3n) is 3.63. The van der Waals surface area contributed by atoms with Crippen LogP contribution in [0, 0.1) is 13.8 Å². The molecule has 0 aliphatic rings. The Balaban J connectivity index is 2.63. The maximum Gasteiger partial charge on any atom is 0.0662 e. The Morgan fingerprint density at radius 3 is 2.58 bits per heavy atom. The zero-order valence-electron chi connectivity index (χ0n) is 13.1. The molecule has 0 fully saturated rings. The number of rotatable bonds is 9. The van der Waals surface area contributed by atoms with Crippen LogP contribution < -0.4 is 5.32 Å². The van der Waals surface area contributed by atoms with Gasteiger partial charge in [-0.3, -0.25) is 4.68 Å². The maximum absolute atomic E-state index is 5.62. The summed E-state index contributed by atoms with van der Waals surface area (Å²) < 4.78 is 7.70. The lowest BCUT2D eigenvalue weighted by Crippen LogP contribution is -2.17. The highest BCUT2D eigenvalue weighted by molar-refractivity contribution is 5.28. The first-order valence-electron chi connectivity index (χ1n) is 7.44. The van der Waals surface area contributed by atoms with Gasteiger partial charge in [-0.2, -0.15) is 5.10 Å². The number of hydrogen-bond donors (Lipinski definition) is 1. The monoisotopic (exact) mass is 267 g/mol. The van der Waals surface area contributed by atoms with Gasteiger partial charge in [0.05, 0.1) is 18.8 Å². The van der Waals surface area contributed by atoms with Crippen molar-refractivity contribution in [1.82, 2.24) is 15.1 Å². The molecule has 1 aromatic heterocycles. The average Bonchev–Trinajstić information content (AvgIpc) is 2.68.